The SMILES string of the molecule is O=C1N(CCN2CCNCC2)CCN1CCN1CCNCC1. The zero-order valence-corrected chi connectivity index (χ0v) is 13.6. The third kappa shape index (κ3) is 4.32. The summed E-state index contributed by atoms with van der Waals surface area (Å²) in [5, 5.41) is 6.73. The van der Waals surface area contributed by atoms with Gasteiger partial charge in [-0.25, -0.2) is 4.79 Å². The number of carbonyl (C=O) groups is 1. The number of hydrogen-bond acceptors (Lipinski definition) is 5. The van der Waals surface area contributed by atoms with E-state index in [1.807, 2.05) is 9.80 Å². The fraction of sp³-hybridized carbons (Fsp3) is 0.933. The lowest BCUT2D eigenvalue weighted by molar-refractivity contribution is 0.169. The summed E-state index contributed by atoms with van der Waals surface area (Å²) < 4.78 is 0. The first-order chi connectivity index (χ1) is 10.8. The molecule has 0 aromatic heterocycles. The van der Waals surface area contributed by atoms with E-state index >= 15 is 0 Å². The summed E-state index contributed by atoms with van der Waals surface area (Å²) in [6.07, 6.45) is 0. The highest BCUT2D eigenvalue weighted by Gasteiger charge is 2.28. The van der Waals surface area contributed by atoms with Crippen molar-refractivity contribution >= 4 is 6.03 Å². The quantitative estimate of drug-likeness (QED) is 0.628. The predicted molar refractivity (Wildman–Crippen MR) is 87.2 cm³/mol. The maximum absolute atomic E-state index is 12.4. The van der Waals surface area contributed by atoms with Gasteiger partial charge in [0.25, 0.3) is 0 Å². The van der Waals surface area contributed by atoms with Crippen LogP contribution in [0.3, 0.4) is 0 Å². The van der Waals surface area contributed by atoms with Crippen LogP contribution in [0.2, 0.25) is 0 Å². The highest BCUT2D eigenvalue weighted by molar-refractivity contribution is 5.76. The van der Waals surface area contributed by atoms with Gasteiger partial charge in [0.05, 0.1) is 0 Å². The van der Waals surface area contributed by atoms with Crippen molar-refractivity contribution in [3.05, 3.63) is 0 Å². The van der Waals surface area contributed by atoms with E-state index < -0.39 is 0 Å². The van der Waals surface area contributed by atoms with Crippen LogP contribution in [0.25, 0.3) is 0 Å². The van der Waals surface area contributed by atoms with E-state index in [0.717, 1.165) is 91.6 Å². The van der Waals surface area contributed by atoms with Crippen LogP contribution in [-0.2, 0) is 0 Å². The summed E-state index contributed by atoms with van der Waals surface area (Å²) in [6.45, 7) is 14.3. The van der Waals surface area contributed by atoms with Crippen molar-refractivity contribution in [2.75, 3.05) is 91.6 Å². The fourth-order valence-corrected chi connectivity index (χ4v) is 3.44. The van der Waals surface area contributed by atoms with Crippen molar-refractivity contribution in [2.45, 2.75) is 0 Å². The summed E-state index contributed by atoms with van der Waals surface area (Å²) >= 11 is 0. The maximum Gasteiger partial charge on any atom is 0.320 e. The molecule has 3 heterocycles. The molecule has 7 heteroatoms. The fourth-order valence-electron chi connectivity index (χ4n) is 3.44. The molecule has 0 aromatic rings. The van der Waals surface area contributed by atoms with Gasteiger partial charge in [0.15, 0.2) is 0 Å². The molecule has 3 rings (SSSR count). The van der Waals surface area contributed by atoms with E-state index in [4.69, 9.17) is 0 Å². The minimum absolute atomic E-state index is 0.241. The van der Waals surface area contributed by atoms with Crippen LogP contribution >= 0.6 is 0 Å². The van der Waals surface area contributed by atoms with Gasteiger partial charge in [0.2, 0.25) is 0 Å². The van der Waals surface area contributed by atoms with Crippen LogP contribution in [0, 0.1) is 0 Å². The van der Waals surface area contributed by atoms with E-state index in [1.54, 1.807) is 0 Å². The average molecular weight is 310 g/mol. The number of urea groups is 1. The van der Waals surface area contributed by atoms with Crippen LogP contribution in [0.15, 0.2) is 0 Å². The lowest BCUT2D eigenvalue weighted by atomic mass is 10.3. The van der Waals surface area contributed by atoms with Gasteiger partial charge in [0.1, 0.15) is 0 Å². The van der Waals surface area contributed by atoms with Gasteiger partial charge in [-0.1, -0.05) is 0 Å². The summed E-state index contributed by atoms with van der Waals surface area (Å²) in [4.78, 5) is 21.4. The van der Waals surface area contributed by atoms with Crippen molar-refractivity contribution < 1.29 is 4.79 Å². The summed E-state index contributed by atoms with van der Waals surface area (Å²) in [7, 11) is 0. The van der Waals surface area contributed by atoms with Crippen LogP contribution in [0.5, 0.6) is 0 Å². The minimum atomic E-state index is 0.241. The zero-order valence-electron chi connectivity index (χ0n) is 13.6. The molecule has 3 aliphatic rings. The van der Waals surface area contributed by atoms with Gasteiger partial charge in [-0.15, -0.1) is 0 Å². The smallest absolute Gasteiger partial charge is 0.320 e. The van der Waals surface area contributed by atoms with Crippen LogP contribution in [-0.4, -0.2) is 117 Å². The number of carbonyl (C=O) groups excluding carboxylic acids is 1. The molecule has 0 aromatic carbocycles. The first kappa shape index (κ1) is 16.0. The molecule has 3 fully saturated rings. The molecule has 0 bridgehead atoms. The van der Waals surface area contributed by atoms with Gasteiger partial charge in [0, 0.05) is 91.6 Å². The Hall–Kier alpha value is -0.890. The number of piperazine rings is 2. The average Bonchev–Trinajstić information content (AvgIpc) is 2.93. The van der Waals surface area contributed by atoms with Crippen LogP contribution < -0.4 is 10.6 Å². The van der Waals surface area contributed by atoms with Gasteiger partial charge < -0.3 is 20.4 Å². The monoisotopic (exact) mass is 310 g/mol. The van der Waals surface area contributed by atoms with E-state index in [-0.39, 0.29) is 6.03 Å². The molecule has 0 saturated carbocycles. The van der Waals surface area contributed by atoms with E-state index in [1.165, 1.54) is 0 Å². The molecule has 0 spiro atoms. The molecule has 0 unspecified atom stereocenters. The molecule has 0 radical (unpaired) electrons. The molecule has 2 amide bonds. The van der Waals surface area contributed by atoms with Crippen molar-refractivity contribution in [3.63, 3.8) is 0 Å². The Balaban J connectivity index is 1.35. The molecule has 126 valence electrons. The molecule has 2 N–H and O–H groups in total. The normalized spacial score (nSPS) is 25.2. The van der Waals surface area contributed by atoms with Gasteiger partial charge in [-0.05, 0) is 0 Å². The molecule has 22 heavy (non-hydrogen) atoms. The highest BCUT2D eigenvalue weighted by Crippen LogP contribution is 2.09. The molecule has 3 aliphatic heterocycles. The first-order valence-electron chi connectivity index (χ1n) is 8.73. The Morgan fingerprint density at radius 2 is 1.05 bits per heavy atom. The number of hydrogen-bond donors (Lipinski definition) is 2. The van der Waals surface area contributed by atoms with Crippen molar-refractivity contribution in [1.82, 2.24) is 30.2 Å². The van der Waals surface area contributed by atoms with Crippen molar-refractivity contribution in [1.29, 1.82) is 0 Å². The van der Waals surface area contributed by atoms with E-state index in [2.05, 4.69) is 20.4 Å². The van der Waals surface area contributed by atoms with Crippen molar-refractivity contribution in [2.24, 2.45) is 0 Å². The summed E-state index contributed by atoms with van der Waals surface area (Å²) in [5.41, 5.74) is 0. The summed E-state index contributed by atoms with van der Waals surface area (Å²) in [6, 6.07) is 0.241. The number of rotatable bonds is 6. The highest BCUT2D eigenvalue weighted by atomic mass is 16.2. The Labute approximate surface area is 133 Å². The lowest BCUT2D eigenvalue weighted by Crippen LogP contribution is -2.48. The van der Waals surface area contributed by atoms with E-state index in [9.17, 15) is 4.79 Å². The second kappa shape index (κ2) is 8.10. The Bertz CT molecular complexity index is 322. The lowest BCUT2D eigenvalue weighted by Gasteiger charge is -2.30. The molecule has 0 atom stereocenters. The van der Waals surface area contributed by atoms with E-state index in [0.29, 0.717) is 0 Å². The van der Waals surface area contributed by atoms with Crippen LogP contribution in [0.1, 0.15) is 0 Å². The number of amides is 2. The summed E-state index contributed by atoms with van der Waals surface area (Å²) in [5.74, 6) is 0. The van der Waals surface area contributed by atoms with Gasteiger partial charge in [-0.2, -0.15) is 0 Å². The zero-order chi connectivity index (χ0) is 15.2. The molecular weight excluding hydrogens is 280 g/mol. The second-order valence-corrected chi connectivity index (χ2v) is 6.44. The number of nitrogens with zero attached hydrogens (tertiary/aromatic N) is 4. The Kier molecular flexibility index (Phi) is 5.89. The second-order valence-electron chi connectivity index (χ2n) is 6.44. The standard InChI is InChI=1S/C15H30N6O/c22-15-20(11-9-18-5-1-16-2-6-18)13-14-21(15)12-10-19-7-3-17-4-8-19/h16-17H,1-14H2. The molecule has 0 aliphatic carbocycles. The van der Waals surface area contributed by atoms with Crippen molar-refractivity contribution in [3.8, 4) is 0 Å². The van der Waals surface area contributed by atoms with Gasteiger partial charge in [-0.3, -0.25) is 9.80 Å². The minimum Gasteiger partial charge on any atom is -0.322 e. The third-order valence-electron chi connectivity index (χ3n) is 4.97. The first-order valence-corrected chi connectivity index (χ1v) is 8.73. The largest absolute Gasteiger partial charge is 0.322 e. The van der Waals surface area contributed by atoms with Gasteiger partial charge >= 0.3 is 6.03 Å². The Morgan fingerprint density at radius 3 is 1.45 bits per heavy atom. The molecular formula is C15H30N6O. The predicted octanol–water partition coefficient (Wildman–Crippen LogP) is -1.47. The molecule has 3 saturated heterocycles. The third-order valence-corrected chi connectivity index (χ3v) is 4.97. The van der Waals surface area contributed by atoms with Crippen LogP contribution in [0.4, 0.5) is 4.79 Å². The molecule has 7 nitrogen and oxygen atoms in total. The Morgan fingerprint density at radius 1 is 0.636 bits per heavy atom. The topological polar surface area (TPSA) is 54.1 Å². The maximum atomic E-state index is 12.4. The number of nitrogens with one attached hydrogen (secondary N) is 2.